The summed E-state index contributed by atoms with van der Waals surface area (Å²) in [6.07, 6.45) is 3.48. The Morgan fingerprint density at radius 1 is 1.16 bits per heavy atom. The summed E-state index contributed by atoms with van der Waals surface area (Å²) in [5, 5.41) is 11.1. The Morgan fingerprint density at radius 3 is 2.32 bits per heavy atom. The van der Waals surface area contributed by atoms with Crippen LogP contribution < -0.4 is 5.73 Å². The minimum absolute atomic E-state index is 0.347. The summed E-state index contributed by atoms with van der Waals surface area (Å²) in [6.45, 7) is 1.42. The van der Waals surface area contributed by atoms with Crippen molar-refractivity contribution >= 4 is 40.7 Å². The highest BCUT2D eigenvalue weighted by Crippen LogP contribution is 2.31. The van der Waals surface area contributed by atoms with Crippen LogP contribution in [0.4, 0.5) is 5.69 Å². The summed E-state index contributed by atoms with van der Waals surface area (Å²) in [5.41, 5.74) is 8.10. The van der Waals surface area contributed by atoms with E-state index in [-0.39, 0.29) is 0 Å². The van der Waals surface area contributed by atoms with Crippen molar-refractivity contribution in [3.05, 3.63) is 57.6 Å². The third kappa shape index (κ3) is 6.08. The third-order valence-electron chi connectivity index (χ3n) is 4.14. The monoisotopic (exact) mass is 398 g/mol. The number of aliphatic hydroxyl groups excluding tert-OH is 1. The number of thioether (sulfide) groups is 1. The van der Waals surface area contributed by atoms with Gasteiger partial charge in [-0.2, -0.15) is 0 Å². The van der Waals surface area contributed by atoms with E-state index in [2.05, 4.69) is 35.4 Å². The van der Waals surface area contributed by atoms with Crippen molar-refractivity contribution in [3.8, 4) is 0 Å². The van der Waals surface area contributed by atoms with Crippen LogP contribution in [0.25, 0.3) is 0 Å². The van der Waals surface area contributed by atoms with Crippen LogP contribution in [0.3, 0.4) is 0 Å². The van der Waals surface area contributed by atoms with Gasteiger partial charge >= 0.3 is 0 Å². The van der Waals surface area contributed by atoms with Crippen LogP contribution in [0.15, 0.2) is 41.3 Å². The lowest BCUT2D eigenvalue weighted by atomic mass is 10.1. The second kappa shape index (κ2) is 9.70. The number of anilines is 1. The fourth-order valence-electron chi connectivity index (χ4n) is 2.63. The summed E-state index contributed by atoms with van der Waals surface area (Å²) < 4.78 is 0. The number of nitrogens with two attached hydrogens (primary N) is 1. The van der Waals surface area contributed by atoms with Crippen LogP contribution in [-0.4, -0.2) is 36.4 Å². The van der Waals surface area contributed by atoms with Crippen molar-refractivity contribution < 1.29 is 5.11 Å². The topological polar surface area (TPSA) is 49.5 Å². The van der Waals surface area contributed by atoms with Gasteiger partial charge in [0.2, 0.25) is 0 Å². The minimum Gasteiger partial charge on any atom is -0.396 e. The third-order valence-corrected chi connectivity index (χ3v) is 5.50. The van der Waals surface area contributed by atoms with Gasteiger partial charge in [-0.1, -0.05) is 35.3 Å². The van der Waals surface area contributed by atoms with Crippen molar-refractivity contribution in [2.24, 2.45) is 0 Å². The van der Waals surface area contributed by atoms with Gasteiger partial charge in [0, 0.05) is 11.4 Å². The van der Waals surface area contributed by atoms with Gasteiger partial charge in [-0.3, -0.25) is 0 Å². The van der Waals surface area contributed by atoms with Crippen LogP contribution in [0, 0.1) is 0 Å². The highest BCUT2D eigenvalue weighted by molar-refractivity contribution is 7.98. The molecule has 2 aromatic carbocycles. The summed E-state index contributed by atoms with van der Waals surface area (Å²) in [5.74, 6) is 0. The zero-order valence-corrected chi connectivity index (χ0v) is 16.8. The Labute approximate surface area is 164 Å². The number of rotatable bonds is 8. The zero-order chi connectivity index (χ0) is 18.4. The van der Waals surface area contributed by atoms with E-state index >= 15 is 0 Å². The average Bonchev–Trinajstić information content (AvgIpc) is 2.59. The van der Waals surface area contributed by atoms with Gasteiger partial charge in [0.25, 0.3) is 0 Å². The van der Waals surface area contributed by atoms with Crippen molar-refractivity contribution in [2.75, 3.05) is 32.1 Å². The number of halogens is 2. The fourth-order valence-corrected chi connectivity index (χ4v) is 3.55. The van der Waals surface area contributed by atoms with Gasteiger partial charge in [0.1, 0.15) is 0 Å². The van der Waals surface area contributed by atoms with Crippen molar-refractivity contribution in [2.45, 2.75) is 23.8 Å². The highest BCUT2D eigenvalue weighted by Gasteiger charge is 2.14. The Kier molecular flexibility index (Phi) is 7.91. The molecule has 6 heteroatoms. The Morgan fingerprint density at radius 2 is 1.76 bits per heavy atom. The van der Waals surface area contributed by atoms with Gasteiger partial charge in [0.15, 0.2) is 0 Å². The molecule has 0 heterocycles. The summed E-state index contributed by atoms with van der Waals surface area (Å²) in [6, 6.07) is 12.0. The van der Waals surface area contributed by atoms with Gasteiger partial charge in [-0.05, 0) is 68.1 Å². The summed E-state index contributed by atoms with van der Waals surface area (Å²) in [7, 11) is 2.00. The lowest BCUT2D eigenvalue weighted by Crippen LogP contribution is -2.26. The molecule has 25 heavy (non-hydrogen) atoms. The van der Waals surface area contributed by atoms with E-state index in [0.717, 1.165) is 19.4 Å². The number of likely N-dealkylation sites (N-methyl/N-ethyl adjacent to an activating group) is 1. The molecule has 0 fully saturated rings. The quantitative estimate of drug-likeness (QED) is 0.490. The van der Waals surface area contributed by atoms with Crippen molar-refractivity contribution in [1.82, 2.24) is 4.90 Å². The number of aliphatic hydroxyl groups is 1. The molecule has 0 aliphatic rings. The molecule has 1 unspecified atom stereocenters. The molecule has 2 rings (SSSR count). The van der Waals surface area contributed by atoms with E-state index in [1.807, 2.05) is 7.05 Å². The maximum atomic E-state index is 10.4. The molecule has 0 radical (unpaired) electrons. The molecular formula is C19H24Cl2N2OS. The summed E-state index contributed by atoms with van der Waals surface area (Å²) >= 11 is 13.8. The molecule has 2 aromatic rings. The molecule has 3 N–H and O–H groups in total. The zero-order valence-electron chi connectivity index (χ0n) is 14.5. The number of nitrogen functional groups attached to an aromatic ring is 1. The van der Waals surface area contributed by atoms with Crippen LogP contribution in [0.1, 0.15) is 23.7 Å². The number of hydrogen-bond acceptors (Lipinski definition) is 4. The predicted octanol–water partition coefficient (Wildman–Crippen LogP) is 4.90. The Balaban J connectivity index is 1.82. The van der Waals surface area contributed by atoms with E-state index in [4.69, 9.17) is 28.9 Å². The lowest BCUT2D eigenvalue weighted by molar-refractivity contribution is 0.126. The molecule has 136 valence electrons. The second-order valence-corrected chi connectivity index (χ2v) is 7.82. The van der Waals surface area contributed by atoms with E-state index in [1.54, 1.807) is 23.9 Å². The van der Waals surface area contributed by atoms with Crippen LogP contribution in [0.5, 0.6) is 0 Å². The SMILES string of the molecule is CSc1ccc(CCCN(C)CC(O)c2cc(Cl)c(N)c(Cl)c2)cc1. The molecule has 3 nitrogen and oxygen atoms in total. The first-order valence-corrected chi connectivity index (χ1v) is 10.1. The first-order valence-electron chi connectivity index (χ1n) is 8.14. The molecule has 0 saturated carbocycles. The maximum absolute atomic E-state index is 10.4. The molecule has 0 amide bonds. The largest absolute Gasteiger partial charge is 0.396 e. The molecular weight excluding hydrogens is 375 g/mol. The lowest BCUT2D eigenvalue weighted by Gasteiger charge is -2.21. The predicted molar refractivity (Wildman–Crippen MR) is 110 cm³/mol. The number of aryl methyl sites for hydroxylation is 1. The fraction of sp³-hybridized carbons (Fsp3) is 0.368. The standard InChI is InChI=1S/C19H24Cl2N2OS/c1-23(9-3-4-13-5-7-15(25-2)8-6-13)12-18(24)14-10-16(20)19(22)17(21)11-14/h5-8,10-11,18,24H,3-4,9,12,22H2,1-2H3. The number of benzene rings is 2. The van der Waals surface area contributed by atoms with E-state index in [1.165, 1.54) is 10.5 Å². The van der Waals surface area contributed by atoms with E-state index in [0.29, 0.717) is 27.8 Å². The maximum Gasteiger partial charge on any atom is 0.0917 e. The Hall–Kier alpha value is -0.910. The Bertz CT molecular complexity index is 671. The smallest absolute Gasteiger partial charge is 0.0917 e. The minimum atomic E-state index is -0.651. The first kappa shape index (κ1) is 20.4. The summed E-state index contributed by atoms with van der Waals surface area (Å²) in [4.78, 5) is 3.39. The molecule has 0 saturated heterocycles. The number of hydrogen-bond donors (Lipinski definition) is 2. The molecule has 0 bridgehead atoms. The van der Waals surface area contributed by atoms with Crippen LogP contribution in [0.2, 0.25) is 10.0 Å². The van der Waals surface area contributed by atoms with Gasteiger partial charge in [0.05, 0.1) is 21.8 Å². The van der Waals surface area contributed by atoms with Crippen LogP contribution >= 0.6 is 35.0 Å². The second-order valence-electron chi connectivity index (χ2n) is 6.13. The van der Waals surface area contributed by atoms with E-state index < -0.39 is 6.10 Å². The molecule has 0 spiro atoms. The molecule has 1 atom stereocenters. The normalized spacial score (nSPS) is 12.6. The highest BCUT2D eigenvalue weighted by atomic mass is 35.5. The van der Waals surface area contributed by atoms with Gasteiger partial charge < -0.3 is 15.7 Å². The van der Waals surface area contributed by atoms with Gasteiger partial charge in [-0.25, -0.2) is 0 Å². The average molecular weight is 399 g/mol. The molecule has 0 aromatic heterocycles. The van der Waals surface area contributed by atoms with Gasteiger partial charge in [-0.15, -0.1) is 11.8 Å². The number of nitrogens with zero attached hydrogens (tertiary/aromatic N) is 1. The molecule has 0 aliphatic carbocycles. The van der Waals surface area contributed by atoms with Crippen LogP contribution in [-0.2, 0) is 6.42 Å². The first-order chi connectivity index (χ1) is 11.9. The van der Waals surface area contributed by atoms with E-state index in [9.17, 15) is 5.11 Å². The van der Waals surface area contributed by atoms with Crippen molar-refractivity contribution in [3.63, 3.8) is 0 Å². The molecule has 0 aliphatic heterocycles. The van der Waals surface area contributed by atoms with Crippen molar-refractivity contribution in [1.29, 1.82) is 0 Å².